The third-order valence-electron chi connectivity index (χ3n) is 4.20. The maximum atomic E-state index is 6.00. The van der Waals surface area contributed by atoms with E-state index in [-0.39, 0.29) is 0 Å². The molecule has 2 N–H and O–H groups in total. The average Bonchev–Trinajstić information content (AvgIpc) is 2.61. The summed E-state index contributed by atoms with van der Waals surface area (Å²) in [6, 6.07) is 0.613. The van der Waals surface area contributed by atoms with Crippen LogP contribution >= 0.6 is 0 Å². The van der Waals surface area contributed by atoms with Crippen molar-refractivity contribution in [2.24, 2.45) is 11.7 Å². The fraction of sp³-hybridized carbons (Fsp3) is 1.00. The molecule has 0 amide bonds. The van der Waals surface area contributed by atoms with Crippen molar-refractivity contribution >= 4 is 0 Å². The predicted molar refractivity (Wildman–Crippen MR) is 66.4 cm³/mol. The molecule has 0 aromatic heterocycles. The molecule has 94 valence electrons. The Kier molecular flexibility index (Phi) is 5.07. The first-order valence-corrected chi connectivity index (χ1v) is 6.93. The average molecular weight is 226 g/mol. The van der Waals surface area contributed by atoms with Crippen LogP contribution in [0.1, 0.15) is 38.5 Å². The third kappa shape index (κ3) is 3.19. The fourth-order valence-corrected chi connectivity index (χ4v) is 3.24. The van der Waals surface area contributed by atoms with Crippen LogP contribution in [-0.2, 0) is 4.74 Å². The first kappa shape index (κ1) is 12.3. The first-order valence-electron chi connectivity index (χ1n) is 6.93. The van der Waals surface area contributed by atoms with E-state index in [4.69, 9.17) is 10.5 Å². The zero-order valence-corrected chi connectivity index (χ0v) is 10.4. The van der Waals surface area contributed by atoms with Crippen molar-refractivity contribution in [3.63, 3.8) is 0 Å². The largest absolute Gasteiger partial charge is 0.379 e. The minimum Gasteiger partial charge on any atom is -0.379 e. The SMILES string of the molecule is NCC(C1CCCCCC1)N1CCOCC1. The van der Waals surface area contributed by atoms with Crippen LogP contribution in [-0.4, -0.2) is 43.8 Å². The second kappa shape index (κ2) is 6.58. The van der Waals surface area contributed by atoms with Crippen LogP contribution in [0.25, 0.3) is 0 Å². The maximum Gasteiger partial charge on any atom is 0.0594 e. The molecule has 3 heteroatoms. The van der Waals surface area contributed by atoms with Crippen molar-refractivity contribution in [1.82, 2.24) is 4.90 Å². The summed E-state index contributed by atoms with van der Waals surface area (Å²) in [5.74, 6) is 0.839. The minimum atomic E-state index is 0.613. The summed E-state index contributed by atoms with van der Waals surface area (Å²) in [6.45, 7) is 4.77. The molecular formula is C13H26N2O. The van der Waals surface area contributed by atoms with Gasteiger partial charge in [-0.25, -0.2) is 0 Å². The maximum absolute atomic E-state index is 6.00. The highest BCUT2D eigenvalue weighted by Gasteiger charge is 2.27. The Morgan fingerprint density at radius 1 is 1.06 bits per heavy atom. The van der Waals surface area contributed by atoms with Gasteiger partial charge in [0.05, 0.1) is 13.2 Å². The van der Waals surface area contributed by atoms with Gasteiger partial charge in [0.25, 0.3) is 0 Å². The van der Waals surface area contributed by atoms with Crippen molar-refractivity contribution in [2.75, 3.05) is 32.8 Å². The second-order valence-corrected chi connectivity index (χ2v) is 5.20. The van der Waals surface area contributed by atoms with Crippen molar-refractivity contribution in [3.05, 3.63) is 0 Å². The lowest BCUT2D eigenvalue weighted by molar-refractivity contribution is 0.00300. The van der Waals surface area contributed by atoms with Crippen LogP contribution in [0.5, 0.6) is 0 Å². The number of rotatable bonds is 3. The molecule has 2 rings (SSSR count). The van der Waals surface area contributed by atoms with E-state index in [0.29, 0.717) is 6.04 Å². The van der Waals surface area contributed by atoms with Crippen LogP contribution in [0.3, 0.4) is 0 Å². The highest BCUT2D eigenvalue weighted by Crippen LogP contribution is 2.28. The normalized spacial score (nSPS) is 27.6. The van der Waals surface area contributed by atoms with Gasteiger partial charge in [-0.1, -0.05) is 25.7 Å². The zero-order chi connectivity index (χ0) is 11.2. The summed E-state index contributed by atoms with van der Waals surface area (Å²) in [5.41, 5.74) is 6.00. The Hall–Kier alpha value is -0.120. The molecule has 0 bridgehead atoms. The van der Waals surface area contributed by atoms with E-state index in [1.165, 1.54) is 38.5 Å². The van der Waals surface area contributed by atoms with Crippen molar-refractivity contribution in [2.45, 2.75) is 44.6 Å². The molecule has 1 saturated carbocycles. The molecule has 1 saturated heterocycles. The number of morpholine rings is 1. The standard InChI is InChI=1S/C13H26N2O/c14-11-13(15-7-9-16-10-8-15)12-5-3-1-2-4-6-12/h12-13H,1-11,14H2. The van der Waals surface area contributed by atoms with Gasteiger partial charge in [-0.05, 0) is 18.8 Å². The van der Waals surface area contributed by atoms with Crippen LogP contribution in [0, 0.1) is 5.92 Å². The van der Waals surface area contributed by atoms with E-state index >= 15 is 0 Å². The summed E-state index contributed by atoms with van der Waals surface area (Å²) >= 11 is 0. The highest BCUT2D eigenvalue weighted by molar-refractivity contribution is 4.83. The van der Waals surface area contributed by atoms with Gasteiger partial charge in [0, 0.05) is 25.7 Å². The monoisotopic (exact) mass is 226 g/mol. The van der Waals surface area contributed by atoms with Crippen molar-refractivity contribution in [3.8, 4) is 0 Å². The Bertz CT molecular complexity index is 184. The van der Waals surface area contributed by atoms with Crippen LogP contribution < -0.4 is 5.73 Å². The lowest BCUT2D eigenvalue weighted by atomic mass is 9.90. The molecule has 1 atom stereocenters. The molecule has 1 aliphatic heterocycles. The lowest BCUT2D eigenvalue weighted by Gasteiger charge is -2.38. The van der Waals surface area contributed by atoms with E-state index in [1.54, 1.807) is 0 Å². The van der Waals surface area contributed by atoms with Gasteiger partial charge >= 0.3 is 0 Å². The van der Waals surface area contributed by atoms with Crippen LogP contribution in [0.4, 0.5) is 0 Å². The smallest absolute Gasteiger partial charge is 0.0594 e. The Labute approximate surface area is 99.3 Å². The molecule has 1 unspecified atom stereocenters. The minimum absolute atomic E-state index is 0.613. The predicted octanol–water partition coefficient (Wildman–Crippen LogP) is 1.62. The Morgan fingerprint density at radius 3 is 2.25 bits per heavy atom. The Morgan fingerprint density at radius 2 is 1.69 bits per heavy atom. The van der Waals surface area contributed by atoms with Gasteiger partial charge in [-0.15, -0.1) is 0 Å². The molecule has 0 radical (unpaired) electrons. The molecule has 2 aliphatic rings. The summed E-state index contributed by atoms with van der Waals surface area (Å²) in [7, 11) is 0. The number of ether oxygens (including phenoxy) is 1. The fourth-order valence-electron chi connectivity index (χ4n) is 3.24. The summed E-state index contributed by atoms with van der Waals surface area (Å²) in [6.07, 6.45) is 8.45. The van der Waals surface area contributed by atoms with E-state index in [2.05, 4.69) is 4.90 Å². The molecule has 16 heavy (non-hydrogen) atoms. The molecule has 0 spiro atoms. The van der Waals surface area contributed by atoms with E-state index < -0.39 is 0 Å². The van der Waals surface area contributed by atoms with Gasteiger partial charge in [0.2, 0.25) is 0 Å². The molecular weight excluding hydrogens is 200 g/mol. The van der Waals surface area contributed by atoms with Gasteiger partial charge in [0.1, 0.15) is 0 Å². The zero-order valence-electron chi connectivity index (χ0n) is 10.4. The number of hydrogen-bond donors (Lipinski definition) is 1. The van der Waals surface area contributed by atoms with E-state index in [0.717, 1.165) is 38.8 Å². The van der Waals surface area contributed by atoms with Crippen LogP contribution in [0.15, 0.2) is 0 Å². The van der Waals surface area contributed by atoms with Crippen LogP contribution in [0.2, 0.25) is 0 Å². The molecule has 2 fully saturated rings. The van der Waals surface area contributed by atoms with Gasteiger partial charge in [0.15, 0.2) is 0 Å². The second-order valence-electron chi connectivity index (χ2n) is 5.20. The topological polar surface area (TPSA) is 38.5 Å². The van der Waals surface area contributed by atoms with Gasteiger partial charge in [-0.2, -0.15) is 0 Å². The third-order valence-corrected chi connectivity index (χ3v) is 4.20. The van der Waals surface area contributed by atoms with Crippen molar-refractivity contribution < 1.29 is 4.74 Å². The number of nitrogens with two attached hydrogens (primary N) is 1. The quantitative estimate of drug-likeness (QED) is 0.743. The van der Waals surface area contributed by atoms with Gasteiger partial charge in [-0.3, -0.25) is 4.90 Å². The van der Waals surface area contributed by atoms with E-state index in [1.807, 2.05) is 0 Å². The molecule has 1 heterocycles. The summed E-state index contributed by atoms with van der Waals surface area (Å²) < 4.78 is 5.42. The first-order chi connectivity index (χ1) is 7.92. The summed E-state index contributed by atoms with van der Waals surface area (Å²) in [4.78, 5) is 2.57. The van der Waals surface area contributed by atoms with Gasteiger partial charge < -0.3 is 10.5 Å². The summed E-state index contributed by atoms with van der Waals surface area (Å²) in [5, 5.41) is 0. The number of hydrogen-bond acceptors (Lipinski definition) is 3. The molecule has 3 nitrogen and oxygen atoms in total. The molecule has 0 aromatic carbocycles. The lowest BCUT2D eigenvalue weighted by Crippen LogP contribution is -2.50. The van der Waals surface area contributed by atoms with Crippen molar-refractivity contribution in [1.29, 1.82) is 0 Å². The number of nitrogens with zero attached hydrogens (tertiary/aromatic N) is 1. The molecule has 0 aromatic rings. The Balaban J connectivity index is 1.90. The highest BCUT2D eigenvalue weighted by atomic mass is 16.5. The molecule has 1 aliphatic carbocycles. The van der Waals surface area contributed by atoms with E-state index in [9.17, 15) is 0 Å².